The maximum absolute atomic E-state index is 12.8. The molecule has 4 N–H and O–H groups in total. The summed E-state index contributed by atoms with van der Waals surface area (Å²) in [4.78, 5) is 61.5. The van der Waals surface area contributed by atoms with Crippen molar-refractivity contribution in [2.45, 2.75) is 31.7 Å². The molecule has 3 rings (SSSR count). The molecule has 206 valence electrons. The lowest BCUT2D eigenvalue weighted by atomic mass is 9.96. The highest BCUT2D eigenvalue weighted by molar-refractivity contribution is 6.40. The summed E-state index contributed by atoms with van der Waals surface area (Å²) in [5, 5.41) is 24.0. The molecule has 1 aliphatic heterocycles. The van der Waals surface area contributed by atoms with Gasteiger partial charge in [-0.2, -0.15) is 0 Å². The Balaban J connectivity index is 1.59. The number of nitrogens with zero attached hydrogens (tertiary/aromatic N) is 1. The molecule has 0 aromatic heterocycles. The van der Waals surface area contributed by atoms with Crippen molar-refractivity contribution < 1.29 is 34.2 Å². The number of nitrogens with one attached hydrogen (secondary N) is 2. The van der Waals surface area contributed by atoms with Gasteiger partial charge in [-0.05, 0) is 42.7 Å². The maximum atomic E-state index is 12.8. The lowest BCUT2D eigenvalue weighted by Gasteiger charge is -2.32. The average Bonchev–Trinajstić information content (AvgIpc) is 2.90. The number of amides is 3. The van der Waals surface area contributed by atoms with E-state index in [1.807, 2.05) is 0 Å². The summed E-state index contributed by atoms with van der Waals surface area (Å²) in [6.45, 7) is 0.527. The van der Waals surface area contributed by atoms with Gasteiger partial charge in [0, 0.05) is 25.2 Å². The third-order valence-corrected chi connectivity index (χ3v) is 6.73. The van der Waals surface area contributed by atoms with Crippen LogP contribution in [0.2, 0.25) is 10.0 Å². The third kappa shape index (κ3) is 8.56. The van der Waals surface area contributed by atoms with Crippen molar-refractivity contribution in [2.75, 3.05) is 18.4 Å². The molecule has 2 atom stereocenters. The third-order valence-electron chi connectivity index (χ3n) is 6.10. The minimum atomic E-state index is -1.31. The molecule has 0 bridgehead atoms. The van der Waals surface area contributed by atoms with Crippen molar-refractivity contribution in [3.8, 4) is 0 Å². The van der Waals surface area contributed by atoms with E-state index in [9.17, 15) is 29.1 Å². The van der Waals surface area contributed by atoms with Crippen molar-refractivity contribution in [1.82, 2.24) is 10.2 Å². The smallest absolute Gasteiger partial charge is 0.330 e. The van der Waals surface area contributed by atoms with E-state index in [-0.39, 0.29) is 40.9 Å². The van der Waals surface area contributed by atoms with Gasteiger partial charge in [0.15, 0.2) is 0 Å². The Morgan fingerprint density at radius 2 is 1.67 bits per heavy atom. The maximum Gasteiger partial charge on any atom is 0.330 e. The van der Waals surface area contributed by atoms with Gasteiger partial charge in [-0.25, -0.2) is 4.79 Å². The molecule has 2 aromatic rings. The molecular formula is C27H27Cl2N3O7. The minimum Gasteiger partial charge on any atom is -0.481 e. The van der Waals surface area contributed by atoms with Gasteiger partial charge in [-0.15, -0.1) is 0 Å². The molecule has 10 nitrogen and oxygen atoms in total. The average molecular weight is 576 g/mol. The van der Waals surface area contributed by atoms with Gasteiger partial charge >= 0.3 is 11.9 Å². The number of hydrogen-bond donors (Lipinski definition) is 4. The molecule has 0 saturated carbocycles. The van der Waals surface area contributed by atoms with Gasteiger partial charge in [-0.1, -0.05) is 53.6 Å². The molecular weight excluding hydrogens is 549 g/mol. The van der Waals surface area contributed by atoms with E-state index in [4.69, 9.17) is 28.3 Å². The number of halogens is 2. The molecule has 12 heteroatoms. The molecule has 1 aliphatic rings. The number of anilines is 1. The molecule has 1 saturated heterocycles. The zero-order valence-electron chi connectivity index (χ0n) is 20.7. The predicted molar refractivity (Wildman–Crippen MR) is 146 cm³/mol. The van der Waals surface area contributed by atoms with Crippen LogP contribution in [-0.4, -0.2) is 63.9 Å². The van der Waals surface area contributed by atoms with Crippen LogP contribution in [-0.2, 0) is 19.2 Å². The molecule has 0 spiro atoms. The van der Waals surface area contributed by atoms with Gasteiger partial charge in [0.2, 0.25) is 11.8 Å². The van der Waals surface area contributed by atoms with Gasteiger partial charge in [0.1, 0.15) is 6.04 Å². The highest BCUT2D eigenvalue weighted by atomic mass is 35.5. The Hall–Kier alpha value is -3.89. The number of likely N-dealkylation sites (tertiary alicyclic amines) is 1. The standard InChI is InChI=1S/C27H27Cl2N3O7/c28-19-4-1-5-20(29)24(19)26(37)30-18-9-6-16(7-10-18)8-11-21(27(38)39)31-25(36)17-3-2-14-32(15-17)22(33)12-13-23(34)35/h1,4-11,17,21H,2-3,12-15H2,(H,30,37)(H,31,36)(H,34,35)(H,38,39)/b11-8+. The van der Waals surface area contributed by atoms with Crippen LogP contribution >= 0.6 is 23.2 Å². The number of hydrogen-bond acceptors (Lipinski definition) is 5. The summed E-state index contributed by atoms with van der Waals surface area (Å²) in [6.07, 6.45) is 3.45. The SMILES string of the molecule is O=C(O)CCC(=O)N1CCCC(C(=O)NC(/C=C/c2ccc(NC(=O)c3c(Cl)cccc3Cl)cc2)C(=O)O)C1. The molecule has 2 unspecified atom stereocenters. The largest absolute Gasteiger partial charge is 0.481 e. The fourth-order valence-corrected chi connectivity index (χ4v) is 4.62. The summed E-state index contributed by atoms with van der Waals surface area (Å²) in [5.74, 6) is -4.26. The lowest BCUT2D eigenvalue weighted by Crippen LogP contribution is -2.48. The summed E-state index contributed by atoms with van der Waals surface area (Å²) >= 11 is 12.1. The summed E-state index contributed by atoms with van der Waals surface area (Å²) in [5.41, 5.74) is 1.24. The topological polar surface area (TPSA) is 153 Å². The van der Waals surface area contributed by atoms with E-state index in [1.54, 1.807) is 42.5 Å². The Bertz CT molecular complexity index is 1260. The van der Waals surface area contributed by atoms with Crippen LogP contribution in [0, 0.1) is 5.92 Å². The Morgan fingerprint density at radius 3 is 2.28 bits per heavy atom. The number of carbonyl (C=O) groups excluding carboxylic acids is 3. The van der Waals surface area contributed by atoms with Crippen molar-refractivity contribution in [3.05, 3.63) is 69.7 Å². The second kappa shape index (κ2) is 13.8. The van der Waals surface area contributed by atoms with Crippen molar-refractivity contribution in [3.63, 3.8) is 0 Å². The van der Waals surface area contributed by atoms with Crippen LogP contribution in [0.3, 0.4) is 0 Å². The summed E-state index contributed by atoms with van der Waals surface area (Å²) < 4.78 is 0. The molecule has 3 amide bonds. The van der Waals surface area contributed by atoms with Crippen molar-refractivity contribution in [2.24, 2.45) is 5.92 Å². The minimum absolute atomic E-state index is 0.104. The van der Waals surface area contributed by atoms with E-state index in [0.29, 0.717) is 30.6 Å². The van der Waals surface area contributed by atoms with Crippen molar-refractivity contribution in [1.29, 1.82) is 0 Å². The van der Waals surface area contributed by atoms with Crippen LogP contribution in [0.15, 0.2) is 48.5 Å². The summed E-state index contributed by atoms with van der Waals surface area (Å²) in [6, 6.07) is 9.98. The first-order chi connectivity index (χ1) is 18.5. The second-order valence-corrected chi connectivity index (χ2v) is 9.74. The first-order valence-corrected chi connectivity index (χ1v) is 12.9. The van der Waals surface area contributed by atoms with Crippen LogP contribution in [0.4, 0.5) is 5.69 Å². The first-order valence-electron chi connectivity index (χ1n) is 12.1. The lowest BCUT2D eigenvalue weighted by molar-refractivity contribution is -0.143. The van der Waals surface area contributed by atoms with Gasteiger partial charge in [0.25, 0.3) is 5.91 Å². The normalized spacial score (nSPS) is 15.9. The first kappa shape index (κ1) is 29.7. The van der Waals surface area contributed by atoms with Crippen LogP contribution < -0.4 is 10.6 Å². The Kier molecular flexibility index (Phi) is 10.5. The fourth-order valence-electron chi connectivity index (χ4n) is 4.05. The molecule has 1 fully saturated rings. The van der Waals surface area contributed by atoms with Crippen molar-refractivity contribution >= 4 is 64.6 Å². The Morgan fingerprint density at radius 1 is 1.00 bits per heavy atom. The number of carbonyl (C=O) groups is 5. The zero-order valence-corrected chi connectivity index (χ0v) is 22.2. The number of piperidine rings is 1. The van der Waals surface area contributed by atoms with Crippen LogP contribution in [0.5, 0.6) is 0 Å². The highest BCUT2D eigenvalue weighted by Crippen LogP contribution is 2.25. The number of carboxylic acid groups (broad SMARTS) is 2. The van der Waals surface area contributed by atoms with E-state index < -0.39 is 35.7 Å². The quantitative estimate of drug-likeness (QED) is 0.334. The summed E-state index contributed by atoms with van der Waals surface area (Å²) in [7, 11) is 0. The number of carboxylic acids is 2. The van der Waals surface area contributed by atoms with Gasteiger partial charge in [-0.3, -0.25) is 19.2 Å². The Labute approximate surface area is 234 Å². The second-order valence-electron chi connectivity index (χ2n) is 8.93. The van der Waals surface area contributed by atoms with E-state index in [0.717, 1.165) is 0 Å². The van der Waals surface area contributed by atoms with Gasteiger partial charge < -0.3 is 25.7 Å². The molecule has 0 aliphatic carbocycles. The fraction of sp³-hybridized carbons (Fsp3) is 0.296. The molecule has 1 heterocycles. The van der Waals surface area contributed by atoms with E-state index in [1.165, 1.54) is 17.1 Å². The monoisotopic (exact) mass is 575 g/mol. The number of benzene rings is 2. The predicted octanol–water partition coefficient (Wildman–Crippen LogP) is 3.93. The zero-order chi connectivity index (χ0) is 28.5. The number of rotatable bonds is 10. The van der Waals surface area contributed by atoms with Gasteiger partial charge in [0.05, 0.1) is 27.9 Å². The number of aliphatic carboxylic acids is 2. The van der Waals surface area contributed by atoms with E-state index in [2.05, 4.69) is 10.6 Å². The molecule has 2 aromatic carbocycles. The van der Waals surface area contributed by atoms with E-state index >= 15 is 0 Å². The van der Waals surface area contributed by atoms with Crippen LogP contribution in [0.1, 0.15) is 41.6 Å². The highest BCUT2D eigenvalue weighted by Gasteiger charge is 2.30. The molecule has 0 radical (unpaired) electrons. The molecule has 39 heavy (non-hydrogen) atoms. The van der Waals surface area contributed by atoms with Crippen LogP contribution in [0.25, 0.3) is 6.08 Å².